The quantitative estimate of drug-likeness (QED) is 0.879. The van der Waals surface area contributed by atoms with Crippen LogP contribution >= 0.6 is 27.7 Å². The number of hydrogen-bond acceptors (Lipinski definition) is 3. The molecule has 0 aliphatic carbocycles. The van der Waals surface area contributed by atoms with Gasteiger partial charge in [0.1, 0.15) is 10.3 Å². The molecular formula is C13H11BrN2OS. The molecule has 0 unspecified atom stereocenters. The van der Waals surface area contributed by atoms with Crippen molar-refractivity contribution < 1.29 is 4.79 Å². The van der Waals surface area contributed by atoms with Gasteiger partial charge in [0, 0.05) is 10.7 Å². The molecule has 3 nitrogen and oxygen atoms in total. The van der Waals surface area contributed by atoms with Gasteiger partial charge in [0.25, 0.3) is 0 Å². The monoisotopic (exact) mass is 322 g/mol. The van der Waals surface area contributed by atoms with E-state index >= 15 is 0 Å². The number of amides is 1. The van der Waals surface area contributed by atoms with Crippen LogP contribution in [0.15, 0.2) is 58.2 Å². The van der Waals surface area contributed by atoms with Crippen molar-refractivity contribution in [1.82, 2.24) is 4.98 Å². The van der Waals surface area contributed by atoms with Crippen molar-refractivity contribution in [3.8, 4) is 0 Å². The van der Waals surface area contributed by atoms with E-state index in [4.69, 9.17) is 5.73 Å². The van der Waals surface area contributed by atoms with Gasteiger partial charge >= 0.3 is 0 Å². The largest absolute Gasteiger partial charge is 0.368 e. The van der Waals surface area contributed by atoms with Crippen molar-refractivity contribution in [2.75, 3.05) is 0 Å². The van der Waals surface area contributed by atoms with Gasteiger partial charge in [-0.3, -0.25) is 4.79 Å². The number of aromatic nitrogens is 1. The molecule has 5 heteroatoms. The van der Waals surface area contributed by atoms with Crippen LogP contribution in [0.1, 0.15) is 10.8 Å². The van der Waals surface area contributed by atoms with Crippen molar-refractivity contribution in [3.05, 3.63) is 58.7 Å². The summed E-state index contributed by atoms with van der Waals surface area (Å²) in [6.07, 6.45) is 1.69. The highest BCUT2D eigenvalue weighted by atomic mass is 79.9. The maximum absolute atomic E-state index is 11.6. The van der Waals surface area contributed by atoms with E-state index in [-0.39, 0.29) is 5.91 Å². The molecule has 0 fully saturated rings. The van der Waals surface area contributed by atoms with Crippen molar-refractivity contribution in [3.63, 3.8) is 0 Å². The molecule has 0 radical (unpaired) electrons. The number of benzene rings is 1. The Kier molecular flexibility index (Phi) is 4.38. The molecule has 1 atom stereocenters. The SMILES string of the molecule is NC(=O)[C@@H](Sc1ncccc1Br)c1ccccc1. The first-order chi connectivity index (χ1) is 8.68. The third-order valence-corrected chi connectivity index (χ3v) is 4.51. The van der Waals surface area contributed by atoms with Gasteiger partial charge in [0.2, 0.25) is 5.91 Å². The summed E-state index contributed by atoms with van der Waals surface area (Å²) in [6.45, 7) is 0. The molecule has 0 aliphatic heterocycles. The van der Waals surface area contributed by atoms with Gasteiger partial charge in [0.15, 0.2) is 0 Å². The minimum absolute atomic E-state index is 0.372. The molecule has 2 aromatic rings. The zero-order chi connectivity index (χ0) is 13.0. The lowest BCUT2D eigenvalue weighted by molar-refractivity contribution is -0.117. The first-order valence-corrected chi connectivity index (χ1v) is 6.97. The summed E-state index contributed by atoms with van der Waals surface area (Å²) < 4.78 is 0.859. The van der Waals surface area contributed by atoms with Crippen molar-refractivity contribution in [1.29, 1.82) is 0 Å². The lowest BCUT2D eigenvalue weighted by atomic mass is 10.1. The first-order valence-electron chi connectivity index (χ1n) is 5.30. The molecule has 0 aliphatic rings. The Balaban J connectivity index is 2.28. The number of nitrogens with zero attached hydrogens (tertiary/aromatic N) is 1. The van der Waals surface area contributed by atoms with Crippen LogP contribution in [0.25, 0.3) is 0 Å². The lowest BCUT2D eigenvalue weighted by Gasteiger charge is -2.13. The summed E-state index contributed by atoms with van der Waals surface area (Å²) in [5.41, 5.74) is 6.35. The molecule has 2 rings (SSSR count). The minimum atomic E-state index is -0.433. The molecule has 1 amide bonds. The topological polar surface area (TPSA) is 56.0 Å². The molecule has 1 heterocycles. The number of hydrogen-bond donors (Lipinski definition) is 1. The second-order valence-electron chi connectivity index (χ2n) is 3.60. The fourth-order valence-corrected chi connectivity index (χ4v) is 2.96. The van der Waals surface area contributed by atoms with Gasteiger partial charge in [-0.25, -0.2) is 4.98 Å². The van der Waals surface area contributed by atoms with Crippen LogP contribution in [0, 0.1) is 0 Å². The molecule has 18 heavy (non-hydrogen) atoms. The smallest absolute Gasteiger partial charge is 0.235 e. The van der Waals surface area contributed by atoms with E-state index in [1.54, 1.807) is 6.20 Å². The number of halogens is 1. The predicted molar refractivity (Wildman–Crippen MR) is 76.2 cm³/mol. The van der Waals surface area contributed by atoms with E-state index in [1.165, 1.54) is 11.8 Å². The van der Waals surface area contributed by atoms with Gasteiger partial charge < -0.3 is 5.73 Å². The van der Waals surface area contributed by atoms with Gasteiger partial charge in [-0.2, -0.15) is 0 Å². The Hall–Kier alpha value is -1.33. The van der Waals surface area contributed by atoms with Crippen LogP contribution in [-0.4, -0.2) is 10.9 Å². The van der Waals surface area contributed by atoms with E-state index < -0.39 is 5.25 Å². The number of rotatable bonds is 4. The van der Waals surface area contributed by atoms with E-state index in [1.807, 2.05) is 42.5 Å². The molecule has 0 saturated heterocycles. The molecule has 2 N–H and O–H groups in total. The highest BCUT2D eigenvalue weighted by Crippen LogP contribution is 2.37. The highest BCUT2D eigenvalue weighted by Gasteiger charge is 2.20. The number of thioether (sulfide) groups is 1. The van der Waals surface area contributed by atoms with Crippen LogP contribution in [0.5, 0.6) is 0 Å². The number of pyridine rings is 1. The van der Waals surface area contributed by atoms with Crippen molar-refractivity contribution in [2.24, 2.45) is 5.73 Å². The third-order valence-electron chi connectivity index (χ3n) is 2.31. The fraction of sp³-hybridized carbons (Fsp3) is 0.0769. The van der Waals surface area contributed by atoms with E-state index in [2.05, 4.69) is 20.9 Å². The molecule has 1 aromatic heterocycles. The lowest BCUT2D eigenvalue weighted by Crippen LogP contribution is -2.19. The first kappa shape index (κ1) is 13.1. The second-order valence-corrected chi connectivity index (χ2v) is 5.55. The summed E-state index contributed by atoms with van der Waals surface area (Å²) >= 11 is 4.75. The summed E-state index contributed by atoms with van der Waals surface area (Å²) in [7, 11) is 0. The van der Waals surface area contributed by atoms with Crippen LogP contribution in [0.2, 0.25) is 0 Å². The second kappa shape index (κ2) is 6.02. The van der Waals surface area contributed by atoms with Crippen molar-refractivity contribution >= 4 is 33.6 Å². The van der Waals surface area contributed by atoms with Crippen LogP contribution < -0.4 is 5.73 Å². The number of carbonyl (C=O) groups is 1. The van der Waals surface area contributed by atoms with E-state index in [0.717, 1.165) is 15.1 Å². The Labute approximate surface area is 118 Å². The van der Waals surface area contributed by atoms with Crippen LogP contribution in [-0.2, 0) is 4.79 Å². The molecular weight excluding hydrogens is 312 g/mol. The Morgan fingerprint density at radius 3 is 2.56 bits per heavy atom. The molecule has 92 valence electrons. The summed E-state index contributed by atoms with van der Waals surface area (Å²) in [6, 6.07) is 13.2. The van der Waals surface area contributed by atoms with Gasteiger partial charge in [-0.05, 0) is 33.6 Å². The number of primary amides is 1. The average Bonchev–Trinajstić information content (AvgIpc) is 2.38. The highest BCUT2D eigenvalue weighted by molar-refractivity contribution is 9.10. The Morgan fingerprint density at radius 2 is 1.94 bits per heavy atom. The standard InChI is InChI=1S/C13H11BrN2OS/c14-10-7-4-8-16-13(10)18-11(12(15)17)9-5-2-1-3-6-9/h1-8,11H,(H2,15,17)/t11-/m0/s1. The van der Waals surface area contributed by atoms with E-state index in [9.17, 15) is 4.79 Å². The molecule has 1 aromatic carbocycles. The minimum Gasteiger partial charge on any atom is -0.368 e. The van der Waals surface area contributed by atoms with Crippen LogP contribution in [0.4, 0.5) is 0 Å². The van der Waals surface area contributed by atoms with Crippen LogP contribution in [0.3, 0.4) is 0 Å². The van der Waals surface area contributed by atoms with Gasteiger partial charge in [-0.15, -0.1) is 0 Å². The van der Waals surface area contributed by atoms with Gasteiger partial charge in [-0.1, -0.05) is 42.1 Å². The van der Waals surface area contributed by atoms with E-state index in [0.29, 0.717) is 0 Å². The third kappa shape index (κ3) is 3.11. The normalized spacial score (nSPS) is 12.1. The molecule has 0 spiro atoms. The maximum atomic E-state index is 11.6. The van der Waals surface area contributed by atoms with Crippen molar-refractivity contribution in [2.45, 2.75) is 10.3 Å². The van der Waals surface area contributed by atoms with Gasteiger partial charge in [0.05, 0.1) is 0 Å². The molecule has 0 bridgehead atoms. The summed E-state index contributed by atoms with van der Waals surface area (Å²) in [5.74, 6) is -0.372. The molecule has 0 saturated carbocycles. The number of nitrogens with two attached hydrogens (primary N) is 1. The zero-order valence-corrected chi connectivity index (χ0v) is 11.8. The maximum Gasteiger partial charge on any atom is 0.235 e. The predicted octanol–water partition coefficient (Wildman–Crippen LogP) is 3.16. The summed E-state index contributed by atoms with van der Waals surface area (Å²) in [5, 5.41) is 0.322. The zero-order valence-electron chi connectivity index (χ0n) is 9.42. The summed E-state index contributed by atoms with van der Waals surface area (Å²) in [4.78, 5) is 15.8. The Bertz CT molecular complexity index is 548. The average molecular weight is 323 g/mol. The fourth-order valence-electron chi connectivity index (χ4n) is 1.49. The number of carbonyl (C=O) groups excluding carboxylic acids is 1. The Morgan fingerprint density at radius 1 is 1.22 bits per heavy atom.